The predicted molar refractivity (Wildman–Crippen MR) is 135 cm³/mol. The van der Waals surface area contributed by atoms with Crippen molar-refractivity contribution in [1.82, 2.24) is 5.43 Å². The Labute approximate surface area is 196 Å². The maximum Gasteiger partial charge on any atom is 0.271 e. The Morgan fingerprint density at radius 2 is 1.47 bits per heavy atom. The topological polar surface area (TPSA) is 70.9 Å². The van der Waals surface area contributed by atoms with Gasteiger partial charge in [-0.05, 0) is 57.4 Å². The quantitative estimate of drug-likeness (QED) is 0.247. The summed E-state index contributed by atoms with van der Waals surface area (Å²) in [6, 6.07) is 32.4. The van der Waals surface area contributed by atoms with E-state index in [4.69, 9.17) is 4.74 Å². The summed E-state index contributed by atoms with van der Waals surface area (Å²) in [5.41, 5.74) is 4.62. The zero-order chi connectivity index (χ0) is 23.3. The number of hydrogen-bond acceptors (Lipinski definition) is 4. The Bertz CT molecular complexity index is 1500. The van der Waals surface area contributed by atoms with Gasteiger partial charge < -0.3 is 9.84 Å². The number of benzene rings is 5. The molecule has 1 amide bonds. The van der Waals surface area contributed by atoms with E-state index in [9.17, 15) is 9.90 Å². The fourth-order valence-corrected chi connectivity index (χ4v) is 3.92. The predicted octanol–water partition coefficient (Wildman–Crippen LogP) is 6.04. The van der Waals surface area contributed by atoms with Crippen molar-refractivity contribution in [3.05, 3.63) is 120 Å². The number of phenolic OH excluding ortho intramolecular Hbond substituents is 1. The van der Waals surface area contributed by atoms with Crippen LogP contribution in [0.25, 0.3) is 21.5 Å². The van der Waals surface area contributed by atoms with Crippen LogP contribution in [0.15, 0.2) is 108 Å². The van der Waals surface area contributed by atoms with Gasteiger partial charge in [0, 0.05) is 11.1 Å². The third-order valence-electron chi connectivity index (χ3n) is 5.70. The van der Waals surface area contributed by atoms with Crippen molar-refractivity contribution in [1.29, 1.82) is 0 Å². The highest BCUT2D eigenvalue weighted by Crippen LogP contribution is 2.25. The number of ether oxygens (including phenoxy) is 1. The summed E-state index contributed by atoms with van der Waals surface area (Å²) in [7, 11) is 0. The number of hydrogen-bond donors (Lipinski definition) is 2. The van der Waals surface area contributed by atoms with E-state index in [2.05, 4.69) is 34.8 Å². The van der Waals surface area contributed by atoms with Crippen LogP contribution in [0.5, 0.6) is 11.5 Å². The van der Waals surface area contributed by atoms with Gasteiger partial charge in [-0.2, -0.15) is 5.10 Å². The van der Waals surface area contributed by atoms with Crippen LogP contribution in [-0.2, 0) is 6.61 Å². The summed E-state index contributed by atoms with van der Waals surface area (Å²) in [6.45, 7) is 0.436. The second kappa shape index (κ2) is 9.46. The van der Waals surface area contributed by atoms with Crippen molar-refractivity contribution in [2.75, 3.05) is 0 Å². The van der Waals surface area contributed by atoms with E-state index in [1.165, 1.54) is 11.6 Å². The molecule has 5 aromatic rings. The molecule has 0 aliphatic carbocycles. The van der Waals surface area contributed by atoms with Gasteiger partial charge in [0.05, 0.1) is 6.21 Å². The van der Waals surface area contributed by atoms with Crippen LogP contribution in [-0.4, -0.2) is 17.2 Å². The Morgan fingerprint density at radius 3 is 2.26 bits per heavy atom. The van der Waals surface area contributed by atoms with Gasteiger partial charge in [0.25, 0.3) is 5.91 Å². The SMILES string of the molecule is O=C(N/N=C\c1c(O)ccc2ccccc12)c1ccc(OCc2cccc3ccccc23)cc1. The number of phenols is 1. The number of amides is 1. The van der Waals surface area contributed by atoms with Gasteiger partial charge in [0.2, 0.25) is 0 Å². The number of nitrogens with zero attached hydrogens (tertiary/aromatic N) is 1. The lowest BCUT2D eigenvalue weighted by Crippen LogP contribution is -2.17. The number of carbonyl (C=O) groups is 1. The van der Waals surface area contributed by atoms with Crippen LogP contribution in [0.2, 0.25) is 0 Å². The van der Waals surface area contributed by atoms with E-state index in [0.717, 1.165) is 21.7 Å². The Hall–Kier alpha value is -4.64. The highest BCUT2D eigenvalue weighted by atomic mass is 16.5. The van der Waals surface area contributed by atoms with Crippen LogP contribution >= 0.6 is 0 Å². The smallest absolute Gasteiger partial charge is 0.271 e. The first-order valence-corrected chi connectivity index (χ1v) is 10.9. The average Bonchev–Trinajstić information content (AvgIpc) is 2.89. The van der Waals surface area contributed by atoms with Gasteiger partial charge >= 0.3 is 0 Å². The molecule has 0 unspecified atom stereocenters. The molecule has 5 nitrogen and oxygen atoms in total. The van der Waals surface area contributed by atoms with Gasteiger partial charge in [-0.3, -0.25) is 4.79 Å². The van der Waals surface area contributed by atoms with E-state index >= 15 is 0 Å². The molecule has 0 aliphatic heterocycles. The van der Waals surface area contributed by atoms with Gasteiger partial charge in [0.1, 0.15) is 18.1 Å². The van der Waals surface area contributed by atoms with E-state index < -0.39 is 0 Å². The lowest BCUT2D eigenvalue weighted by molar-refractivity contribution is 0.0955. The highest BCUT2D eigenvalue weighted by Gasteiger charge is 2.07. The Balaban J connectivity index is 1.23. The standard InChI is InChI=1S/C29H22N2O3/c32-28-17-14-21-7-2-4-11-26(21)27(28)18-30-31-29(33)22-12-15-24(16-13-22)34-19-23-9-5-8-20-6-1-3-10-25(20)23/h1-18,32H,19H2,(H,31,33)/b30-18-. The summed E-state index contributed by atoms with van der Waals surface area (Å²) in [5, 5.41) is 18.4. The van der Waals surface area contributed by atoms with E-state index in [1.807, 2.05) is 48.5 Å². The second-order valence-corrected chi connectivity index (χ2v) is 7.87. The largest absolute Gasteiger partial charge is 0.507 e. The van der Waals surface area contributed by atoms with Gasteiger partial charge in [-0.1, -0.05) is 72.8 Å². The Kier molecular flexibility index (Phi) is 5.91. The molecular formula is C29H22N2O3. The number of rotatable bonds is 6. The minimum absolute atomic E-state index is 0.101. The molecule has 2 N–H and O–H groups in total. The maximum absolute atomic E-state index is 12.5. The van der Waals surface area contributed by atoms with Gasteiger partial charge in [-0.25, -0.2) is 5.43 Å². The summed E-state index contributed by atoms with van der Waals surface area (Å²) < 4.78 is 5.94. The molecule has 34 heavy (non-hydrogen) atoms. The second-order valence-electron chi connectivity index (χ2n) is 7.87. The van der Waals surface area contributed by atoms with Crippen LogP contribution in [0.4, 0.5) is 0 Å². The number of nitrogens with one attached hydrogen (secondary N) is 1. The lowest BCUT2D eigenvalue weighted by atomic mass is 10.0. The zero-order valence-corrected chi connectivity index (χ0v) is 18.3. The van der Waals surface area contributed by atoms with E-state index in [1.54, 1.807) is 30.3 Å². The summed E-state index contributed by atoms with van der Waals surface area (Å²) in [4.78, 5) is 12.5. The van der Waals surface area contributed by atoms with Crippen molar-refractivity contribution >= 4 is 33.7 Å². The monoisotopic (exact) mass is 446 g/mol. The molecule has 0 aliphatic rings. The van der Waals surface area contributed by atoms with Crippen molar-refractivity contribution < 1.29 is 14.6 Å². The lowest BCUT2D eigenvalue weighted by Gasteiger charge is -2.09. The van der Waals surface area contributed by atoms with E-state index in [-0.39, 0.29) is 11.7 Å². The molecular weight excluding hydrogens is 424 g/mol. The van der Waals surface area contributed by atoms with Crippen LogP contribution in [0.3, 0.4) is 0 Å². The summed E-state index contributed by atoms with van der Waals surface area (Å²) >= 11 is 0. The molecule has 0 radical (unpaired) electrons. The minimum Gasteiger partial charge on any atom is -0.507 e. The Morgan fingerprint density at radius 1 is 0.794 bits per heavy atom. The van der Waals surface area contributed by atoms with Crippen molar-refractivity contribution in [2.45, 2.75) is 6.61 Å². The van der Waals surface area contributed by atoms with Crippen molar-refractivity contribution in [3.8, 4) is 11.5 Å². The van der Waals surface area contributed by atoms with Gasteiger partial charge in [-0.15, -0.1) is 0 Å². The number of aromatic hydroxyl groups is 1. The first-order chi connectivity index (χ1) is 16.7. The maximum atomic E-state index is 12.5. The molecule has 0 heterocycles. The van der Waals surface area contributed by atoms with Crippen molar-refractivity contribution in [3.63, 3.8) is 0 Å². The normalized spacial score (nSPS) is 11.2. The molecule has 0 fully saturated rings. The summed E-state index contributed by atoms with van der Waals surface area (Å²) in [5.74, 6) is 0.426. The average molecular weight is 447 g/mol. The molecule has 0 saturated carbocycles. The van der Waals surface area contributed by atoms with Crippen LogP contribution < -0.4 is 10.2 Å². The molecule has 5 heteroatoms. The summed E-state index contributed by atoms with van der Waals surface area (Å²) in [6.07, 6.45) is 1.46. The van der Waals surface area contributed by atoms with Gasteiger partial charge in [0.15, 0.2) is 0 Å². The molecule has 5 aromatic carbocycles. The fourth-order valence-electron chi connectivity index (χ4n) is 3.92. The third-order valence-corrected chi connectivity index (χ3v) is 5.70. The number of carbonyl (C=O) groups excluding carboxylic acids is 1. The molecule has 5 rings (SSSR count). The molecule has 166 valence electrons. The molecule has 0 aromatic heterocycles. The fraction of sp³-hybridized carbons (Fsp3) is 0.0345. The van der Waals surface area contributed by atoms with E-state index in [0.29, 0.717) is 23.5 Å². The minimum atomic E-state index is -0.350. The van der Waals surface area contributed by atoms with Crippen LogP contribution in [0, 0.1) is 0 Å². The van der Waals surface area contributed by atoms with Crippen molar-refractivity contribution in [2.24, 2.45) is 5.10 Å². The number of fused-ring (bicyclic) bond motifs is 2. The molecule has 0 atom stereocenters. The molecule has 0 spiro atoms. The van der Waals surface area contributed by atoms with Crippen LogP contribution in [0.1, 0.15) is 21.5 Å². The zero-order valence-electron chi connectivity index (χ0n) is 18.3. The first-order valence-electron chi connectivity index (χ1n) is 10.9. The third kappa shape index (κ3) is 4.45. The highest BCUT2D eigenvalue weighted by molar-refractivity contribution is 6.03. The molecule has 0 bridgehead atoms. The first kappa shape index (κ1) is 21.2. The molecule has 0 saturated heterocycles. The number of hydrazone groups is 1.